The fourth-order valence-electron chi connectivity index (χ4n) is 4.33. The van der Waals surface area contributed by atoms with Crippen molar-refractivity contribution in [1.82, 2.24) is 19.1 Å². The highest BCUT2D eigenvalue weighted by Crippen LogP contribution is 2.39. The predicted octanol–water partition coefficient (Wildman–Crippen LogP) is 1.26. The summed E-state index contributed by atoms with van der Waals surface area (Å²) >= 11 is 0. The first-order valence-electron chi connectivity index (χ1n) is 9.65. The smallest absolute Gasteiger partial charge is 0.247 e. The Bertz CT molecular complexity index is 990. The monoisotopic (exact) mass is 422 g/mol. The average Bonchev–Trinajstić information content (AvgIpc) is 3.24. The quantitative estimate of drug-likeness (QED) is 0.663. The van der Waals surface area contributed by atoms with E-state index in [1.807, 2.05) is 0 Å². The molecule has 1 aromatic heterocycles. The number of ether oxygens (including phenoxy) is 3. The lowest BCUT2D eigenvalue weighted by atomic mass is 10.1. The van der Waals surface area contributed by atoms with E-state index in [4.69, 9.17) is 14.2 Å². The van der Waals surface area contributed by atoms with Crippen LogP contribution in [0.2, 0.25) is 0 Å². The SMILES string of the molecule is COCCc1nnc2n1C[C@H]1CC[C@@H](C2)N1S(=O)(=O)c1cc(OC)ccc1OC. The molecule has 4 rings (SSSR count). The molecule has 10 heteroatoms. The first-order chi connectivity index (χ1) is 14.0. The van der Waals surface area contributed by atoms with Crippen LogP contribution in [0.5, 0.6) is 11.5 Å². The second-order valence-corrected chi connectivity index (χ2v) is 9.14. The molecule has 1 aromatic carbocycles. The summed E-state index contributed by atoms with van der Waals surface area (Å²) in [4.78, 5) is 0.133. The molecule has 0 radical (unpaired) electrons. The molecule has 0 spiro atoms. The third kappa shape index (κ3) is 3.49. The molecule has 2 aliphatic heterocycles. The number of nitrogens with zero attached hydrogens (tertiary/aromatic N) is 4. The van der Waals surface area contributed by atoms with Crippen molar-refractivity contribution in [2.45, 2.75) is 49.2 Å². The van der Waals surface area contributed by atoms with E-state index < -0.39 is 10.0 Å². The minimum absolute atomic E-state index is 0.133. The molecule has 2 bridgehead atoms. The van der Waals surface area contributed by atoms with Crippen LogP contribution in [0.25, 0.3) is 0 Å². The van der Waals surface area contributed by atoms with Gasteiger partial charge in [-0.05, 0) is 25.0 Å². The zero-order valence-electron chi connectivity index (χ0n) is 16.9. The van der Waals surface area contributed by atoms with Crippen LogP contribution in [0.4, 0.5) is 0 Å². The number of sulfonamides is 1. The number of fused-ring (bicyclic) bond motifs is 3. The summed E-state index contributed by atoms with van der Waals surface area (Å²) in [5.41, 5.74) is 0. The number of hydrogen-bond donors (Lipinski definition) is 0. The van der Waals surface area contributed by atoms with Gasteiger partial charge < -0.3 is 18.8 Å². The fourth-order valence-corrected chi connectivity index (χ4v) is 6.36. The minimum atomic E-state index is -3.78. The van der Waals surface area contributed by atoms with Crippen LogP contribution in [0, 0.1) is 0 Å². The van der Waals surface area contributed by atoms with Crippen LogP contribution in [0.3, 0.4) is 0 Å². The van der Waals surface area contributed by atoms with Crippen molar-refractivity contribution in [3.8, 4) is 11.5 Å². The molecule has 0 saturated carbocycles. The van der Waals surface area contributed by atoms with Crippen molar-refractivity contribution in [3.05, 3.63) is 29.8 Å². The van der Waals surface area contributed by atoms with Crippen molar-refractivity contribution in [3.63, 3.8) is 0 Å². The number of methoxy groups -OCH3 is 3. The molecule has 158 valence electrons. The van der Waals surface area contributed by atoms with Crippen LogP contribution in [0.15, 0.2) is 23.1 Å². The van der Waals surface area contributed by atoms with E-state index >= 15 is 0 Å². The summed E-state index contributed by atoms with van der Waals surface area (Å²) in [7, 11) is 0.859. The maximum absolute atomic E-state index is 13.7. The predicted molar refractivity (Wildman–Crippen MR) is 105 cm³/mol. The van der Waals surface area contributed by atoms with Crippen molar-refractivity contribution in [1.29, 1.82) is 0 Å². The van der Waals surface area contributed by atoms with Gasteiger partial charge in [0.15, 0.2) is 0 Å². The van der Waals surface area contributed by atoms with Gasteiger partial charge in [-0.2, -0.15) is 4.31 Å². The molecule has 0 unspecified atom stereocenters. The summed E-state index contributed by atoms with van der Waals surface area (Å²) in [6.07, 6.45) is 2.80. The Morgan fingerprint density at radius 2 is 1.90 bits per heavy atom. The lowest BCUT2D eigenvalue weighted by molar-refractivity contribution is 0.199. The van der Waals surface area contributed by atoms with E-state index in [1.165, 1.54) is 20.3 Å². The lowest BCUT2D eigenvalue weighted by Gasteiger charge is -2.28. The van der Waals surface area contributed by atoms with Gasteiger partial charge in [-0.1, -0.05) is 0 Å². The molecule has 1 fully saturated rings. The topological polar surface area (TPSA) is 95.8 Å². The van der Waals surface area contributed by atoms with Crippen molar-refractivity contribution in [2.75, 3.05) is 27.9 Å². The van der Waals surface area contributed by atoms with Gasteiger partial charge in [-0.3, -0.25) is 0 Å². The summed E-state index contributed by atoms with van der Waals surface area (Å²) in [5, 5.41) is 8.63. The first kappa shape index (κ1) is 20.1. The van der Waals surface area contributed by atoms with E-state index in [0.717, 1.165) is 24.5 Å². The van der Waals surface area contributed by atoms with Crippen molar-refractivity contribution in [2.24, 2.45) is 0 Å². The molecule has 0 N–H and O–H groups in total. The molecule has 2 aliphatic rings. The van der Waals surface area contributed by atoms with E-state index in [2.05, 4.69) is 14.8 Å². The molecular formula is C19H26N4O5S. The largest absolute Gasteiger partial charge is 0.497 e. The zero-order chi connectivity index (χ0) is 20.6. The summed E-state index contributed by atoms with van der Waals surface area (Å²) < 4.78 is 46.9. The van der Waals surface area contributed by atoms with Gasteiger partial charge in [0.2, 0.25) is 10.0 Å². The third-order valence-electron chi connectivity index (χ3n) is 5.72. The Hall–Kier alpha value is -2.17. The molecule has 1 saturated heterocycles. The normalized spacial score (nSPS) is 21.6. The first-order valence-corrected chi connectivity index (χ1v) is 11.1. The van der Waals surface area contributed by atoms with Gasteiger partial charge in [0.05, 0.1) is 20.8 Å². The number of rotatable bonds is 7. The molecule has 9 nitrogen and oxygen atoms in total. The molecule has 2 atom stereocenters. The van der Waals surface area contributed by atoms with Crippen LogP contribution < -0.4 is 9.47 Å². The molecular weight excluding hydrogens is 396 g/mol. The lowest BCUT2D eigenvalue weighted by Crippen LogP contribution is -2.42. The van der Waals surface area contributed by atoms with Crippen LogP contribution in [-0.4, -0.2) is 67.5 Å². The number of hydrogen-bond acceptors (Lipinski definition) is 7. The highest BCUT2D eigenvalue weighted by atomic mass is 32.2. The average molecular weight is 423 g/mol. The highest BCUT2D eigenvalue weighted by Gasteiger charge is 2.46. The summed E-state index contributed by atoms with van der Waals surface area (Å²) in [6.45, 7) is 1.10. The van der Waals surface area contributed by atoms with E-state index in [0.29, 0.717) is 37.5 Å². The van der Waals surface area contributed by atoms with Crippen LogP contribution >= 0.6 is 0 Å². The zero-order valence-corrected chi connectivity index (χ0v) is 17.7. The Balaban J connectivity index is 1.71. The summed E-state index contributed by atoms with van der Waals surface area (Å²) in [5.74, 6) is 2.46. The van der Waals surface area contributed by atoms with Gasteiger partial charge in [0.25, 0.3) is 0 Å². The van der Waals surface area contributed by atoms with E-state index in [-0.39, 0.29) is 17.0 Å². The van der Waals surface area contributed by atoms with Crippen LogP contribution in [0.1, 0.15) is 24.5 Å². The fraction of sp³-hybridized carbons (Fsp3) is 0.579. The number of aromatic nitrogens is 3. The van der Waals surface area contributed by atoms with Gasteiger partial charge in [-0.15, -0.1) is 10.2 Å². The summed E-state index contributed by atoms with van der Waals surface area (Å²) in [6, 6.07) is 4.55. The standard InChI is InChI=1S/C19H26N4O5S/c1-26-9-8-18-20-21-19-10-13-4-5-14(12-22(18)19)23(13)29(24,25)17-11-15(27-2)6-7-16(17)28-3/h6-7,11,13-14H,4-5,8-10,12H2,1-3H3/t13-,14+/m0/s1. The molecule has 29 heavy (non-hydrogen) atoms. The maximum atomic E-state index is 13.7. The Kier molecular flexibility index (Phi) is 5.50. The van der Waals surface area contributed by atoms with Crippen molar-refractivity contribution < 1.29 is 22.6 Å². The molecule has 0 aliphatic carbocycles. The second-order valence-electron chi connectivity index (χ2n) is 7.33. The second kappa shape index (κ2) is 7.92. The molecule has 0 amide bonds. The third-order valence-corrected chi connectivity index (χ3v) is 7.75. The maximum Gasteiger partial charge on any atom is 0.247 e. The van der Waals surface area contributed by atoms with Crippen molar-refractivity contribution >= 4 is 10.0 Å². The molecule has 3 heterocycles. The minimum Gasteiger partial charge on any atom is -0.497 e. The Labute approximate surface area is 170 Å². The Morgan fingerprint density at radius 3 is 2.62 bits per heavy atom. The van der Waals surface area contributed by atoms with Gasteiger partial charge >= 0.3 is 0 Å². The van der Waals surface area contributed by atoms with E-state index in [1.54, 1.807) is 23.5 Å². The Morgan fingerprint density at radius 1 is 1.10 bits per heavy atom. The van der Waals surface area contributed by atoms with Gasteiger partial charge in [0.1, 0.15) is 28.0 Å². The van der Waals surface area contributed by atoms with E-state index in [9.17, 15) is 8.42 Å². The number of benzene rings is 1. The van der Waals surface area contributed by atoms with Gasteiger partial charge in [-0.25, -0.2) is 8.42 Å². The highest BCUT2D eigenvalue weighted by molar-refractivity contribution is 7.89. The molecule has 2 aromatic rings. The van der Waals surface area contributed by atoms with Gasteiger partial charge in [0, 0.05) is 44.6 Å². The van der Waals surface area contributed by atoms with Crippen LogP contribution in [-0.2, 0) is 34.1 Å².